The predicted molar refractivity (Wildman–Crippen MR) is 81.0 cm³/mol. The maximum atomic E-state index is 10.9. The Labute approximate surface area is 123 Å². The van der Waals surface area contributed by atoms with Crippen LogP contribution in [-0.4, -0.2) is 68.2 Å². The van der Waals surface area contributed by atoms with E-state index in [1.54, 1.807) is 37.5 Å². The number of ketones is 1. The normalized spacial score (nSPS) is 10.4. The van der Waals surface area contributed by atoms with E-state index in [4.69, 9.17) is 9.47 Å². The van der Waals surface area contributed by atoms with E-state index in [-0.39, 0.29) is 11.7 Å². The molecule has 0 aromatic rings. The molecule has 0 heterocycles. The van der Waals surface area contributed by atoms with Crippen LogP contribution in [0.1, 0.15) is 6.92 Å². The Morgan fingerprint density at radius 2 is 1.47 bits per heavy atom. The summed E-state index contributed by atoms with van der Waals surface area (Å²) in [5.74, 6) is 2.91. The number of Topliss-reactive ketones (excluding diaryl/α,β-unsaturated/α-hetero) is 1. The molecule has 0 atom stereocenters. The van der Waals surface area contributed by atoms with Gasteiger partial charge in [-0.2, -0.15) is 11.8 Å². The van der Waals surface area contributed by atoms with Gasteiger partial charge in [-0.15, -0.1) is 11.8 Å². The van der Waals surface area contributed by atoms with Gasteiger partial charge in [-0.3, -0.25) is 9.59 Å². The van der Waals surface area contributed by atoms with Crippen LogP contribution < -0.4 is 5.32 Å². The van der Waals surface area contributed by atoms with E-state index in [1.807, 2.05) is 0 Å². The maximum absolute atomic E-state index is 10.9. The monoisotopic (exact) mass is 309 g/mol. The fourth-order valence-corrected chi connectivity index (χ4v) is 2.39. The van der Waals surface area contributed by atoms with Gasteiger partial charge in [0.1, 0.15) is 5.78 Å². The SMILES string of the molecule is CNC(=O)CSCCOCCOCCSCC(C)=O. The van der Waals surface area contributed by atoms with Crippen LogP contribution in [0.3, 0.4) is 0 Å². The van der Waals surface area contributed by atoms with Gasteiger partial charge >= 0.3 is 0 Å². The zero-order chi connectivity index (χ0) is 14.3. The number of rotatable bonds is 13. The van der Waals surface area contributed by atoms with Crippen molar-refractivity contribution < 1.29 is 19.1 Å². The van der Waals surface area contributed by atoms with Crippen molar-refractivity contribution in [2.45, 2.75) is 6.92 Å². The molecule has 0 radical (unpaired) electrons. The van der Waals surface area contributed by atoms with Crippen LogP contribution >= 0.6 is 23.5 Å². The van der Waals surface area contributed by atoms with E-state index in [0.29, 0.717) is 37.9 Å². The van der Waals surface area contributed by atoms with Gasteiger partial charge < -0.3 is 14.8 Å². The van der Waals surface area contributed by atoms with Gasteiger partial charge in [0.15, 0.2) is 0 Å². The molecule has 0 aromatic heterocycles. The Bertz CT molecular complexity index is 252. The number of carbonyl (C=O) groups excluding carboxylic acids is 2. The molecule has 0 saturated carbocycles. The Morgan fingerprint density at radius 3 is 1.95 bits per heavy atom. The van der Waals surface area contributed by atoms with E-state index in [9.17, 15) is 9.59 Å². The third kappa shape index (κ3) is 15.7. The van der Waals surface area contributed by atoms with Crippen molar-refractivity contribution in [1.82, 2.24) is 5.32 Å². The molecule has 7 heteroatoms. The molecule has 0 spiro atoms. The van der Waals surface area contributed by atoms with Gasteiger partial charge in [0.05, 0.1) is 37.9 Å². The van der Waals surface area contributed by atoms with E-state index < -0.39 is 0 Å². The van der Waals surface area contributed by atoms with Crippen molar-refractivity contribution >= 4 is 35.2 Å². The Hall–Kier alpha value is -0.240. The van der Waals surface area contributed by atoms with Crippen molar-refractivity contribution in [2.75, 3.05) is 56.5 Å². The molecular weight excluding hydrogens is 286 g/mol. The van der Waals surface area contributed by atoms with Crippen LogP contribution in [-0.2, 0) is 19.1 Å². The van der Waals surface area contributed by atoms with E-state index >= 15 is 0 Å². The Balaban J connectivity index is 3.03. The fourth-order valence-electron chi connectivity index (χ4n) is 1.01. The van der Waals surface area contributed by atoms with Crippen molar-refractivity contribution in [2.24, 2.45) is 0 Å². The lowest BCUT2D eigenvalue weighted by Crippen LogP contribution is -2.20. The van der Waals surface area contributed by atoms with Crippen LogP contribution in [0.2, 0.25) is 0 Å². The minimum absolute atomic E-state index is 0.0383. The van der Waals surface area contributed by atoms with Crippen LogP contribution in [0.5, 0.6) is 0 Å². The summed E-state index contributed by atoms with van der Waals surface area (Å²) in [7, 11) is 1.63. The number of carbonyl (C=O) groups is 2. The second-order valence-corrected chi connectivity index (χ2v) is 5.92. The number of amides is 1. The van der Waals surface area contributed by atoms with E-state index in [0.717, 1.165) is 11.5 Å². The highest BCUT2D eigenvalue weighted by molar-refractivity contribution is 8.00. The summed E-state index contributed by atoms with van der Waals surface area (Å²) >= 11 is 3.13. The molecule has 0 saturated heterocycles. The Morgan fingerprint density at radius 1 is 0.947 bits per heavy atom. The third-order valence-corrected chi connectivity index (χ3v) is 3.92. The summed E-state index contributed by atoms with van der Waals surface area (Å²) in [6.07, 6.45) is 0. The largest absolute Gasteiger partial charge is 0.378 e. The molecule has 1 amide bonds. The van der Waals surface area contributed by atoms with E-state index in [2.05, 4.69) is 5.32 Å². The highest BCUT2D eigenvalue weighted by Crippen LogP contribution is 2.00. The zero-order valence-electron chi connectivity index (χ0n) is 11.6. The molecule has 0 aliphatic carbocycles. The van der Waals surface area contributed by atoms with Crippen molar-refractivity contribution in [3.05, 3.63) is 0 Å². The smallest absolute Gasteiger partial charge is 0.229 e. The van der Waals surface area contributed by atoms with Gasteiger partial charge in [-0.25, -0.2) is 0 Å². The summed E-state index contributed by atoms with van der Waals surface area (Å²) in [5, 5.41) is 2.56. The van der Waals surface area contributed by atoms with Gasteiger partial charge in [0, 0.05) is 18.6 Å². The summed E-state index contributed by atoms with van der Waals surface area (Å²) < 4.78 is 10.7. The summed E-state index contributed by atoms with van der Waals surface area (Å²) in [6.45, 7) is 4.00. The maximum Gasteiger partial charge on any atom is 0.229 e. The molecule has 19 heavy (non-hydrogen) atoms. The number of nitrogens with one attached hydrogen (secondary N) is 1. The molecular formula is C12H23NO4S2. The first-order valence-corrected chi connectivity index (χ1v) is 8.48. The first-order chi connectivity index (χ1) is 9.16. The molecule has 0 fully saturated rings. The van der Waals surface area contributed by atoms with Crippen molar-refractivity contribution in [3.63, 3.8) is 0 Å². The number of hydrogen-bond acceptors (Lipinski definition) is 6. The second-order valence-electron chi connectivity index (χ2n) is 3.71. The first-order valence-electron chi connectivity index (χ1n) is 6.17. The van der Waals surface area contributed by atoms with Gasteiger partial charge in [-0.1, -0.05) is 0 Å². The average Bonchev–Trinajstić information content (AvgIpc) is 2.39. The van der Waals surface area contributed by atoms with Crippen molar-refractivity contribution in [3.8, 4) is 0 Å². The molecule has 112 valence electrons. The molecule has 0 aliphatic rings. The topological polar surface area (TPSA) is 64.6 Å². The molecule has 0 aromatic carbocycles. The van der Waals surface area contributed by atoms with E-state index in [1.165, 1.54) is 0 Å². The quantitative estimate of drug-likeness (QED) is 0.508. The number of thioether (sulfide) groups is 2. The molecule has 0 aliphatic heterocycles. The van der Waals surface area contributed by atoms with Crippen LogP contribution in [0.15, 0.2) is 0 Å². The average molecular weight is 309 g/mol. The van der Waals surface area contributed by atoms with Crippen LogP contribution in [0.25, 0.3) is 0 Å². The summed E-state index contributed by atoms with van der Waals surface area (Å²) in [6, 6.07) is 0. The second kappa shape index (κ2) is 14.2. The van der Waals surface area contributed by atoms with Crippen LogP contribution in [0.4, 0.5) is 0 Å². The molecule has 0 rings (SSSR count). The first kappa shape index (κ1) is 18.8. The summed E-state index contributed by atoms with van der Waals surface area (Å²) in [5.41, 5.74) is 0. The zero-order valence-corrected chi connectivity index (χ0v) is 13.2. The lowest BCUT2D eigenvalue weighted by Gasteiger charge is -2.05. The molecule has 0 bridgehead atoms. The minimum Gasteiger partial charge on any atom is -0.378 e. The molecule has 0 unspecified atom stereocenters. The predicted octanol–water partition coefficient (Wildman–Crippen LogP) is 0.821. The lowest BCUT2D eigenvalue weighted by molar-refractivity contribution is -0.118. The third-order valence-electron chi connectivity index (χ3n) is 1.93. The van der Waals surface area contributed by atoms with Crippen molar-refractivity contribution in [1.29, 1.82) is 0 Å². The van der Waals surface area contributed by atoms with Gasteiger partial charge in [-0.05, 0) is 6.92 Å². The Kier molecular flexibility index (Phi) is 14.0. The highest BCUT2D eigenvalue weighted by Gasteiger charge is 1.97. The summed E-state index contributed by atoms with van der Waals surface area (Å²) in [4.78, 5) is 21.6. The standard InChI is InChI=1S/C12H23NO4S2/c1-11(14)9-18-7-5-16-3-4-17-6-8-19-10-12(15)13-2/h3-10H2,1-2H3,(H,13,15). The number of ether oxygens (including phenoxy) is 2. The molecule has 1 N–H and O–H groups in total. The van der Waals surface area contributed by atoms with Gasteiger partial charge in [0.25, 0.3) is 0 Å². The molecule has 5 nitrogen and oxygen atoms in total. The number of hydrogen-bond donors (Lipinski definition) is 1. The lowest BCUT2D eigenvalue weighted by atomic mass is 10.5. The van der Waals surface area contributed by atoms with Gasteiger partial charge in [0.2, 0.25) is 5.91 Å². The highest BCUT2D eigenvalue weighted by atomic mass is 32.2. The van der Waals surface area contributed by atoms with Crippen LogP contribution in [0, 0.1) is 0 Å². The fraction of sp³-hybridized carbons (Fsp3) is 0.833. The minimum atomic E-state index is 0.0383.